The SMILES string of the molecule is FC(F)(F)c1ccc2ncc(-c3nccc(N4CCN(CC5CC5(F)F)C(c5cn[nH]c5)C4)n3)n2c1. The van der Waals surface area contributed by atoms with Crippen molar-refractivity contribution in [2.75, 3.05) is 31.1 Å². The Morgan fingerprint density at radius 3 is 2.64 bits per heavy atom. The van der Waals surface area contributed by atoms with Crippen LogP contribution in [0.4, 0.5) is 27.8 Å². The standard InChI is InChI=1S/C23H21F5N8/c24-22(25)7-16(22)11-34-5-6-35(13-18(34)14-8-31-32-9-14)20-3-4-29-21(33-20)17-10-30-19-2-1-15(12-36(17)19)23(26,27)28/h1-4,8-10,12,16,18H,5-7,11,13H2,(H,31,32). The zero-order valence-corrected chi connectivity index (χ0v) is 18.8. The molecule has 0 spiro atoms. The second-order valence-corrected chi connectivity index (χ2v) is 9.18. The molecular formula is C23H21F5N8. The normalized spacial score (nSPS) is 22.3. The van der Waals surface area contributed by atoms with Gasteiger partial charge in [0.05, 0.1) is 24.0 Å². The highest BCUT2D eigenvalue weighted by atomic mass is 19.4. The molecule has 2 fully saturated rings. The molecule has 4 aromatic heterocycles. The van der Waals surface area contributed by atoms with E-state index in [0.717, 1.165) is 17.8 Å². The summed E-state index contributed by atoms with van der Waals surface area (Å²) in [6.07, 6.45) is 2.84. The Balaban J connectivity index is 1.28. The van der Waals surface area contributed by atoms with Gasteiger partial charge in [-0.15, -0.1) is 0 Å². The van der Waals surface area contributed by atoms with Crippen molar-refractivity contribution in [3.8, 4) is 11.5 Å². The second-order valence-electron chi connectivity index (χ2n) is 9.18. The fraction of sp³-hybridized carbons (Fsp3) is 0.391. The molecule has 4 aromatic rings. The number of nitrogens with zero attached hydrogens (tertiary/aromatic N) is 7. The molecule has 1 aliphatic heterocycles. The van der Waals surface area contributed by atoms with Gasteiger partial charge in [-0.1, -0.05) is 0 Å². The van der Waals surface area contributed by atoms with Crippen LogP contribution in [0.25, 0.3) is 17.2 Å². The van der Waals surface area contributed by atoms with E-state index >= 15 is 0 Å². The topological polar surface area (TPSA) is 78.2 Å². The van der Waals surface area contributed by atoms with Gasteiger partial charge in [-0.25, -0.2) is 23.7 Å². The third-order valence-electron chi connectivity index (χ3n) is 6.83. The highest BCUT2D eigenvalue weighted by Crippen LogP contribution is 2.49. The van der Waals surface area contributed by atoms with Crippen molar-refractivity contribution in [2.24, 2.45) is 5.92 Å². The van der Waals surface area contributed by atoms with E-state index in [0.29, 0.717) is 43.3 Å². The number of alkyl halides is 5. The number of pyridine rings is 1. The van der Waals surface area contributed by atoms with Gasteiger partial charge < -0.3 is 4.90 Å². The lowest BCUT2D eigenvalue weighted by Crippen LogP contribution is -2.49. The first kappa shape index (κ1) is 22.8. The zero-order valence-electron chi connectivity index (χ0n) is 18.8. The smallest absolute Gasteiger partial charge is 0.353 e. The third-order valence-corrected chi connectivity index (χ3v) is 6.83. The van der Waals surface area contributed by atoms with E-state index in [2.05, 4.69) is 30.0 Å². The molecule has 6 rings (SSSR count). The lowest BCUT2D eigenvalue weighted by Gasteiger charge is -2.41. The van der Waals surface area contributed by atoms with Gasteiger partial charge in [0.25, 0.3) is 5.92 Å². The van der Waals surface area contributed by atoms with Gasteiger partial charge in [0.1, 0.15) is 17.2 Å². The monoisotopic (exact) mass is 504 g/mol. The molecule has 5 heterocycles. The summed E-state index contributed by atoms with van der Waals surface area (Å²) in [4.78, 5) is 17.2. The van der Waals surface area contributed by atoms with Crippen LogP contribution in [0.2, 0.25) is 0 Å². The van der Waals surface area contributed by atoms with E-state index in [1.807, 2.05) is 4.90 Å². The fourth-order valence-electron chi connectivity index (χ4n) is 4.72. The van der Waals surface area contributed by atoms with Crippen molar-refractivity contribution in [1.29, 1.82) is 0 Å². The van der Waals surface area contributed by atoms with Gasteiger partial charge in [0, 0.05) is 62.7 Å². The van der Waals surface area contributed by atoms with Gasteiger partial charge in [-0.3, -0.25) is 14.4 Å². The maximum absolute atomic E-state index is 13.6. The number of imidazole rings is 1. The summed E-state index contributed by atoms with van der Waals surface area (Å²) in [5.41, 5.74) is 0.765. The van der Waals surface area contributed by atoms with Gasteiger partial charge in [0.2, 0.25) is 0 Å². The van der Waals surface area contributed by atoms with E-state index in [4.69, 9.17) is 0 Å². The number of hydrogen-bond acceptors (Lipinski definition) is 6. The van der Waals surface area contributed by atoms with E-state index in [1.54, 1.807) is 24.7 Å². The minimum absolute atomic E-state index is 0.0874. The van der Waals surface area contributed by atoms with Crippen molar-refractivity contribution >= 4 is 11.5 Å². The number of fused-ring (bicyclic) bond motifs is 1. The first-order valence-corrected chi connectivity index (χ1v) is 11.4. The molecule has 1 saturated heterocycles. The first-order valence-electron chi connectivity index (χ1n) is 11.4. The summed E-state index contributed by atoms with van der Waals surface area (Å²) in [7, 11) is 0. The molecule has 36 heavy (non-hydrogen) atoms. The summed E-state index contributed by atoms with van der Waals surface area (Å²) < 4.78 is 68.3. The van der Waals surface area contributed by atoms with E-state index < -0.39 is 23.6 Å². The minimum atomic E-state index is -4.50. The Bertz CT molecular complexity index is 1380. The van der Waals surface area contributed by atoms with E-state index in [1.165, 1.54) is 16.7 Å². The summed E-state index contributed by atoms with van der Waals surface area (Å²) in [6.45, 7) is 1.88. The maximum Gasteiger partial charge on any atom is 0.417 e. The molecule has 0 bridgehead atoms. The number of hydrogen-bond donors (Lipinski definition) is 1. The van der Waals surface area contributed by atoms with Crippen LogP contribution in [0.5, 0.6) is 0 Å². The number of rotatable bonds is 5. The molecular weight excluding hydrogens is 483 g/mol. The number of H-pyrrole nitrogens is 1. The van der Waals surface area contributed by atoms with Crippen LogP contribution in [0.1, 0.15) is 23.6 Å². The summed E-state index contributed by atoms with van der Waals surface area (Å²) >= 11 is 0. The zero-order chi connectivity index (χ0) is 25.1. The number of piperazine rings is 1. The van der Waals surface area contributed by atoms with Crippen LogP contribution in [0.15, 0.2) is 49.2 Å². The van der Waals surface area contributed by atoms with Crippen LogP contribution < -0.4 is 4.90 Å². The maximum atomic E-state index is 13.6. The van der Waals surface area contributed by atoms with Crippen LogP contribution >= 0.6 is 0 Å². The van der Waals surface area contributed by atoms with Crippen LogP contribution in [-0.4, -0.2) is 66.6 Å². The van der Waals surface area contributed by atoms with Gasteiger partial charge in [-0.05, 0) is 18.2 Å². The molecule has 2 atom stereocenters. The number of aromatic nitrogens is 6. The molecule has 188 valence electrons. The molecule has 1 N–H and O–H groups in total. The fourth-order valence-corrected chi connectivity index (χ4v) is 4.72. The van der Waals surface area contributed by atoms with E-state index in [9.17, 15) is 22.0 Å². The first-order chi connectivity index (χ1) is 17.2. The van der Waals surface area contributed by atoms with Gasteiger partial charge in [-0.2, -0.15) is 18.3 Å². The average molecular weight is 504 g/mol. The Kier molecular flexibility index (Phi) is 5.21. The van der Waals surface area contributed by atoms with Gasteiger partial charge in [0.15, 0.2) is 5.82 Å². The van der Waals surface area contributed by atoms with Crippen molar-refractivity contribution in [3.63, 3.8) is 0 Å². The molecule has 0 amide bonds. The molecule has 0 aromatic carbocycles. The number of nitrogens with one attached hydrogen (secondary N) is 1. The highest BCUT2D eigenvalue weighted by molar-refractivity contribution is 5.59. The summed E-state index contributed by atoms with van der Waals surface area (Å²) in [5.74, 6) is -2.41. The Morgan fingerprint density at radius 1 is 1.08 bits per heavy atom. The number of aromatic amines is 1. The van der Waals surface area contributed by atoms with Gasteiger partial charge >= 0.3 is 6.18 Å². The number of anilines is 1. The summed E-state index contributed by atoms with van der Waals surface area (Å²) in [5, 5.41) is 6.81. The van der Waals surface area contributed by atoms with Crippen LogP contribution in [0.3, 0.4) is 0 Å². The van der Waals surface area contributed by atoms with Crippen molar-refractivity contribution in [2.45, 2.75) is 24.6 Å². The van der Waals surface area contributed by atoms with Crippen molar-refractivity contribution < 1.29 is 22.0 Å². The highest BCUT2D eigenvalue weighted by Gasteiger charge is 2.57. The second kappa shape index (κ2) is 8.22. The third kappa shape index (κ3) is 4.16. The molecule has 2 aliphatic rings. The summed E-state index contributed by atoms with van der Waals surface area (Å²) in [6, 6.07) is 3.84. The predicted octanol–water partition coefficient (Wildman–Crippen LogP) is 4.05. The lowest BCUT2D eigenvalue weighted by atomic mass is 10.1. The predicted molar refractivity (Wildman–Crippen MR) is 119 cm³/mol. The van der Waals surface area contributed by atoms with Crippen LogP contribution in [-0.2, 0) is 6.18 Å². The Hall–Kier alpha value is -3.61. The molecule has 13 heteroatoms. The lowest BCUT2D eigenvalue weighted by molar-refractivity contribution is -0.137. The van der Waals surface area contributed by atoms with Crippen molar-refractivity contribution in [3.05, 3.63) is 60.3 Å². The van der Waals surface area contributed by atoms with Crippen LogP contribution in [0, 0.1) is 5.92 Å². The number of halogens is 5. The van der Waals surface area contributed by atoms with Crippen molar-refractivity contribution in [1.82, 2.24) is 34.4 Å². The average Bonchev–Trinajstić information content (AvgIpc) is 3.26. The molecule has 8 nitrogen and oxygen atoms in total. The molecule has 0 radical (unpaired) electrons. The quantitative estimate of drug-likeness (QED) is 0.414. The molecule has 2 unspecified atom stereocenters. The Labute approximate surface area is 201 Å². The minimum Gasteiger partial charge on any atom is -0.353 e. The molecule has 1 saturated carbocycles. The van der Waals surface area contributed by atoms with E-state index in [-0.39, 0.29) is 18.3 Å². The largest absolute Gasteiger partial charge is 0.417 e. The molecule has 1 aliphatic carbocycles. The Morgan fingerprint density at radius 2 is 1.92 bits per heavy atom.